The van der Waals surface area contributed by atoms with Crippen molar-refractivity contribution in [3.8, 4) is 0 Å². The highest BCUT2D eigenvalue weighted by molar-refractivity contribution is 9.09. The van der Waals surface area contributed by atoms with Gasteiger partial charge in [0.15, 0.2) is 0 Å². The van der Waals surface area contributed by atoms with E-state index in [0.29, 0.717) is 16.9 Å². The van der Waals surface area contributed by atoms with E-state index < -0.39 is 17.7 Å². The second-order valence-corrected chi connectivity index (χ2v) is 8.29. The van der Waals surface area contributed by atoms with Crippen molar-refractivity contribution >= 4 is 55.0 Å². The van der Waals surface area contributed by atoms with Gasteiger partial charge in [0.2, 0.25) is 11.8 Å². The number of alkyl halides is 5. The van der Waals surface area contributed by atoms with Crippen LogP contribution >= 0.6 is 31.9 Å². The Hall–Kier alpha value is -2.65. The van der Waals surface area contributed by atoms with Crippen LogP contribution in [-0.4, -0.2) is 22.5 Å². The van der Waals surface area contributed by atoms with E-state index in [4.69, 9.17) is 0 Å². The summed E-state index contributed by atoms with van der Waals surface area (Å²) in [6, 6.07) is 19.2. The number of carbonyl (C=O) groups excluding carboxylic acids is 2. The van der Waals surface area contributed by atoms with Crippen LogP contribution in [0.3, 0.4) is 0 Å². The monoisotopic (exact) mass is 582 g/mol. The molecular weight excluding hydrogens is 565 g/mol. The molecule has 2 amide bonds. The Morgan fingerprint density at radius 1 is 0.727 bits per heavy atom. The van der Waals surface area contributed by atoms with Gasteiger partial charge in [-0.25, -0.2) is 0 Å². The Labute approximate surface area is 205 Å². The molecule has 3 aromatic rings. The molecule has 0 aromatic heterocycles. The van der Waals surface area contributed by atoms with Crippen LogP contribution < -0.4 is 10.6 Å². The summed E-state index contributed by atoms with van der Waals surface area (Å²) >= 11 is 6.17. The molecule has 0 fully saturated rings. The molecule has 4 nitrogen and oxygen atoms in total. The van der Waals surface area contributed by atoms with Gasteiger partial charge in [-0.05, 0) is 47.0 Å². The van der Waals surface area contributed by atoms with Crippen molar-refractivity contribution in [2.75, 3.05) is 21.3 Å². The quantitative estimate of drug-likeness (QED) is 0.245. The van der Waals surface area contributed by atoms with Gasteiger partial charge in [0.05, 0.1) is 16.2 Å². The zero-order valence-corrected chi connectivity index (χ0v) is 20.3. The average molecular weight is 584 g/mol. The third-order valence-electron chi connectivity index (χ3n) is 4.85. The molecule has 0 radical (unpaired) electrons. The lowest BCUT2D eigenvalue weighted by molar-refractivity contribution is -0.137. The molecule has 0 bridgehead atoms. The molecule has 3 aromatic carbocycles. The summed E-state index contributed by atoms with van der Waals surface area (Å²) in [7, 11) is 0. The summed E-state index contributed by atoms with van der Waals surface area (Å²) in [5.41, 5.74) is 2.41. The van der Waals surface area contributed by atoms with Crippen LogP contribution in [0.1, 0.15) is 28.2 Å². The van der Waals surface area contributed by atoms with Crippen molar-refractivity contribution in [2.24, 2.45) is 0 Å². The molecule has 0 unspecified atom stereocenters. The topological polar surface area (TPSA) is 58.2 Å². The number of hydrogen-bond donors (Lipinski definition) is 2. The first-order valence-electron chi connectivity index (χ1n) is 9.80. The lowest BCUT2D eigenvalue weighted by Gasteiger charge is -2.21. The van der Waals surface area contributed by atoms with Crippen molar-refractivity contribution in [3.05, 3.63) is 95.1 Å². The molecule has 172 valence electrons. The van der Waals surface area contributed by atoms with E-state index in [9.17, 15) is 22.8 Å². The average Bonchev–Trinajstić information content (AvgIpc) is 2.81. The van der Waals surface area contributed by atoms with E-state index in [1.165, 1.54) is 6.07 Å². The SMILES string of the molecule is O=C(CBr)Nc1ccc(C(c2ccc(NC(=O)CBr)cc2)c2cccc(C(F)(F)F)c2)cc1. The molecule has 0 aliphatic heterocycles. The van der Waals surface area contributed by atoms with Gasteiger partial charge in [0.1, 0.15) is 0 Å². The van der Waals surface area contributed by atoms with Crippen LogP contribution in [0.5, 0.6) is 0 Å². The van der Waals surface area contributed by atoms with E-state index >= 15 is 0 Å². The number of carbonyl (C=O) groups is 2. The Morgan fingerprint density at radius 2 is 1.18 bits per heavy atom. The van der Waals surface area contributed by atoms with Gasteiger partial charge >= 0.3 is 6.18 Å². The predicted molar refractivity (Wildman–Crippen MR) is 130 cm³/mol. The minimum Gasteiger partial charge on any atom is -0.325 e. The van der Waals surface area contributed by atoms with E-state index in [2.05, 4.69) is 42.5 Å². The molecule has 0 heterocycles. The van der Waals surface area contributed by atoms with E-state index in [1.807, 2.05) is 0 Å². The number of hydrogen-bond acceptors (Lipinski definition) is 2. The third-order valence-corrected chi connectivity index (χ3v) is 5.86. The maximum atomic E-state index is 13.4. The minimum absolute atomic E-state index is 0.152. The first-order valence-corrected chi connectivity index (χ1v) is 12.0. The maximum Gasteiger partial charge on any atom is 0.416 e. The van der Waals surface area contributed by atoms with Crippen molar-refractivity contribution in [1.82, 2.24) is 0 Å². The first kappa shape index (κ1) is 25.0. The zero-order valence-electron chi connectivity index (χ0n) is 17.1. The Kier molecular flexibility index (Phi) is 8.31. The van der Waals surface area contributed by atoms with Crippen LogP contribution in [0, 0.1) is 0 Å². The number of nitrogens with one attached hydrogen (secondary N) is 2. The standard InChI is InChI=1S/C24H19Br2F3N2O2/c25-13-21(32)30-19-8-4-15(5-9-19)23(17-2-1-3-18(12-17)24(27,28)29)16-6-10-20(11-7-16)31-22(33)14-26/h1-12,23H,13-14H2,(H,30,32)(H,31,33). The summed E-state index contributed by atoms with van der Waals surface area (Å²) in [6.07, 6.45) is -4.46. The Morgan fingerprint density at radius 3 is 1.58 bits per heavy atom. The van der Waals surface area contributed by atoms with Gasteiger partial charge in [0, 0.05) is 17.3 Å². The molecule has 0 saturated carbocycles. The van der Waals surface area contributed by atoms with Crippen LogP contribution in [0.4, 0.5) is 24.5 Å². The molecule has 9 heteroatoms. The van der Waals surface area contributed by atoms with Gasteiger partial charge in [-0.15, -0.1) is 0 Å². The molecule has 0 saturated heterocycles. The van der Waals surface area contributed by atoms with Crippen molar-refractivity contribution in [2.45, 2.75) is 12.1 Å². The molecule has 0 aliphatic rings. The summed E-state index contributed by atoms with van der Waals surface area (Å²) in [5, 5.41) is 5.74. The largest absolute Gasteiger partial charge is 0.416 e. The second kappa shape index (κ2) is 11.0. The fourth-order valence-electron chi connectivity index (χ4n) is 3.38. The zero-order chi connectivity index (χ0) is 24.0. The first-order chi connectivity index (χ1) is 15.7. The van der Waals surface area contributed by atoms with E-state index in [-0.39, 0.29) is 22.5 Å². The minimum atomic E-state index is -4.46. The summed E-state index contributed by atoms with van der Waals surface area (Å²) in [5.74, 6) is -0.911. The van der Waals surface area contributed by atoms with E-state index in [0.717, 1.165) is 23.3 Å². The fraction of sp³-hybridized carbons (Fsp3) is 0.167. The highest BCUT2D eigenvalue weighted by atomic mass is 79.9. The summed E-state index contributed by atoms with van der Waals surface area (Å²) in [4.78, 5) is 23.2. The van der Waals surface area contributed by atoms with Crippen molar-refractivity contribution < 1.29 is 22.8 Å². The lowest BCUT2D eigenvalue weighted by atomic mass is 9.84. The lowest BCUT2D eigenvalue weighted by Crippen LogP contribution is -2.13. The third kappa shape index (κ3) is 6.68. The number of halogens is 5. The summed E-state index contributed by atoms with van der Waals surface area (Å²) in [6.45, 7) is 0. The number of benzene rings is 3. The van der Waals surface area contributed by atoms with Gasteiger partial charge < -0.3 is 10.6 Å². The molecule has 0 atom stereocenters. The van der Waals surface area contributed by atoms with Crippen molar-refractivity contribution in [1.29, 1.82) is 0 Å². The molecule has 0 spiro atoms. The van der Waals surface area contributed by atoms with Crippen LogP contribution in [0.15, 0.2) is 72.8 Å². The van der Waals surface area contributed by atoms with Crippen LogP contribution in [0.2, 0.25) is 0 Å². The van der Waals surface area contributed by atoms with Gasteiger partial charge in [-0.3, -0.25) is 9.59 Å². The molecule has 33 heavy (non-hydrogen) atoms. The maximum absolute atomic E-state index is 13.4. The normalized spacial score (nSPS) is 11.3. The molecule has 3 rings (SSSR count). The number of anilines is 2. The van der Waals surface area contributed by atoms with Gasteiger partial charge in [-0.2, -0.15) is 13.2 Å². The smallest absolute Gasteiger partial charge is 0.325 e. The fourth-order valence-corrected chi connectivity index (χ4v) is 3.66. The second-order valence-electron chi connectivity index (χ2n) is 7.16. The van der Waals surface area contributed by atoms with Gasteiger partial charge in [-0.1, -0.05) is 74.3 Å². The molecule has 0 aliphatic carbocycles. The van der Waals surface area contributed by atoms with Gasteiger partial charge in [0.25, 0.3) is 0 Å². The number of amides is 2. The number of rotatable bonds is 7. The van der Waals surface area contributed by atoms with Crippen LogP contribution in [0.25, 0.3) is 0 Å². The highest BCUT2D eigenvalue weighted by Crippen LogP contribution is 2.37. The highest BCUT2D eigenvalue weighted by Gasteiger charge is 2.31. The molecular formula is C24H19Br2F3N2O2. The van der Waals surface area contributed by atoms with Crippen LogP contribution in [-0.2, 0) is 15.8 Å². The Bertz CT molecular complexity index is 1060. The predicted octanol–water partition coefficient (Wildman–Crippen LogP) is 6.55. The molecule has 2 N–H and O–H groups in total. The van der Waals surface area contributed by atoms with Crippen molar-refractivity contribution in [3.63, 3.8) is 0 Å². The summed E-state index contributed by atoms with van der Waals surface area (Å²) < 4.78 is 40.1. The van der Waals surface area contributed by atoms with E-state index in [1.54, 1.807) is 54.6 Å². The Balaban J connectivity index is 2.02.